The molecule has 4 aromatic carbocycles. The number of nitrogens with one attached hydrogen (secondary N) is 3. The lowest BCUT2D eigenvalue weighted by Crippen LogP contribution is -2.30. The molecule has 11 heteroatoms. The fourth-order valence-electron chi connectivity index (χ4n) is 4.95. The number of thioether (sulfide) groups is 1. The molecule has 1 aromatic heterocycles. The summed E-state index contributed by atoms with van der Waals surface area (Å²) in [5.74, 6) is -1.25. The van der Waals surface area contributed by atoms with E-state index in [1.54, 1.807) is 60.8 Å². The molecule has 1 atom stereocenters. The molecule has 5 rings (SSSR count). The van der Waals surface area contributed by atoms with Crippen molar-refractivity contribution >= 4 is 63.7 Å². The first kappa shape index (κ1) is 36.8. The van der Waals surface area contributed by atoms with Gasteiger partial charge in [0, 0.05) is 21.5 Å². The number of anilines is 2. The van der Waals surface area contributed by atoms with Gasteiger partial charge in [-0.1, -0.05) is 92.7 Å². The number of carbonyl (C=O) groups is 4. The van der Waals surface area contributed by atoms with Crippen LogP contribution in [0.25, 0.3) is 6.08 Å². The number of hydrogen-bond acceptors (Lipinski definition) is 8. The van der Waals surface area contributed by atoms with Crippen LogP contribution in [-0.4, -0.2) is 35.3 Å². The van der Waals surface area contributed by atoms with E-state index in [4.69, 9.17) is 4.74 Å². The lowest BCUT2D eigenvalue weighted by Gasteiger charge is -2.17. The van der Waals surface area contributed by atoms with Crippen LogP contribution in [0.5, 0.6) is 0 Å². The predicted molar refractivity (Wildman–Crippen MR) is 204 cm³/mol. The largest absolute Gasteiger partial charge is 0.466 e. The normalized spacial score (nSPS) is 11.8. The van der Waals surface area contributed by atoms with E-state index in [9.17, 15) is 19.2 Å². The number of ether oxygens (including phenoxy) is 1. The van der Waals surface area contributed by atoms with Crippen LogP contribution in [0.15, 0.2) is 125 Å². The average molecular weight is 719 g/mol. The van der Waals surface area contributed by atoms with Crippen LogP contribution in [-0.2, 0) is 25.5 Å². The standard InChI is InChI=1S/C40H38N4O5S2/c1-4-49-35(45)24-32-25-50-40(42-32)44-39(48)36(29-12-7-5-8-13-29)51-33-17-11-16-31(23-33)41-38(47)34(43-37(46)30-14-9-6-10-15-30)22-27-18-20-28(21-19-27)26(2)3/h5-23,25-26,36H,4,24H2,1-3H3,(H,41,47)(H,43,46)(H,42,44,48)/b34-22+. The smallest absolute Gasteiger partial charge is 0.311 e. The molecule has 0 bridgehead atoms. The molecule has 1 unspecified atom stereocenters. The summed E-state index contributed by atoms with van der Waals surface area (Å²) in [7, 11) is 0. The molecule has 0 aliphatic carbocycles. The Kier molecular flexibility index (Phi) is 12.9. The van der Waals surface area contributed by atoms with Crippen LogP contribution in [0.2, 0.25) is 0 Å². The topological polar surface area (TPSA) is 126 Å². The summed E-state index contributed by atoms with van der Waals surface area (Å²) >= 11 is 2.54. The summed E-state index contributed by atoms with van der Waals surface area (Å²) in [6.07, 6.45) is 1.66. The molecule has 5 aromatic rings. The Bertz CT molecular complexity index is 1990. The van der Waals surface area contributed by atoms with E-state index in [0.29, 0.717) is 28.0 Å². The first-order valence-corrected chi connectivity index (χ1v) is 18.2. The number of rotatable bonds is 14. The van der Waals surface area contributed by atoms with E-state index in [2.05, 4.69) is 34.8 Å². The van der Waals surface area contributed by atoms with Crippen molar-refractivity contribution < 1.29 is 23.9 Å². The third-order valence-corrected chi connectivity index (χ3v) is 9.60. The predicted octanol–water partition coefficient (Wildman–Crippen LogP) is 8.25. The summed E-state index contributed by atoms with van der Waals surface area (Å²) in [5, 5.41) is 10.0. The molecule has 1 heterocycles. The SMILES string of the molecule is CCOC(=O)Cc1csc(NC(=O)C(Sc2cccc(NC(=O)/C(=C\c3ccc(C(C)C)cc3)NC(=O)c3ccccc3)c2)c2ccccc2)n1. The fourth-order valence-corrected chi connectivity index (χ4v) is 6.74. The summed E-state index contributed by atoms with van der Waals surface area (Å²) in [6, 6.07) is 33.0. The third kappa shape index (κ3) is 10.7. The van der Waals surface area contributed by atoms with Gasteiger partial charge in [-0.15, -0.1) is 23.1 Å². The van der Waals surface area contributed by atoms with Gasteiger partial charge in [-0.3, -0.25) is 19.2 Å². The Morgan fingerprint density at radius 1 is 0.843 bits per heavy atom. The number of thiazole rings is 1. The molecule has 0 saturated heterocycles. The van der Waals surface area contributed by atoms with Gasteiger partial charge in [0.2, 0.25) is 5.91 Å². The Labute approximate surface area is 305 Å². The second kappa shape index (κ2) is 17.9. The molecule has 0 radical (unpaired) electrons. The molecule has 0 aliphatic heterocycles. The maximum Gasteiger partial charge on any atom is 0.311 e. The van der Waals surface area contributed by atoms with Gasteiger partial charge in [-0.25, -0.2) is 4.98 Å². The highest BCUT2D eigenvalue weighted by Crippen LogP contribution is 2.37. The number of esters is 1. The molecule has 9 nitrogen and oxygen atoms in total. The van der Waals surface area contributed by atoms with Crippen molar-refractivity contribution in [1.82, 2.24) is 10.3 Å². The Balaban J connectivity index is 1.34. The number of carbonyl (C=O) groups excluding carboxylic acids is 4. The molecule has 260 valence electrons. The van der Waals surface area contributed by atoms with Crippen LogP contribution in [0, 0.1) is 0 Å². The molecule has 0 aliphatic rings. The van der Waals surface area contributed by atoms with Gasteiger partial charge in [0.15, 0.2) is 5.13 Å². The van der Waals surface area contributed by atoms with Gasteiger partial charge >= 0.3 is 5.97 Å². The van der Waals surface area contributed by atoms with E-state index < -0.39 is 17.1 Å². The highest BCUT2D eigenvalue weighted by atomic mass is 32.2. The van der Waals surface area contributed by atoms with E-state index in [-0.39, 0.29) is 30.6 Å². The van der Waals surface area contributed by atoms with E-state index in [1.807, 2.05) is 66.7 Å². The number of aromatic nitrogens is 1. The maximum absolute atomic E-state index is 13.7. The fraction of sp³-hybridized carbons (Fsp3) is 0.175. The lowest BCUT2D eigenvalue weighted by molar-refractivity contribution is -0.142. The van der Waals surface area contributed by atoms with Crippen molar-refractivity contribution in [2.24, 2.45) is 0 Å². The minimum Gasteiger partial charge on any atom is -0.466 e. The van der Waals surface area contributed by atoms with Crippen LogP contribution < -0.4 is 16.0 Å². The van der Waals surface area contributed by atoms with Crippen molar-refractivity contribution in [2.75, 3.05) is 17.2 Å². The van der Waals surface area contributed by atoms with E-state index in [1.165, 1.54) is 23.1 Å². The second-order valence-corrected chi connectivity index (χ2v) is 13.7. The zero-order valence-corrected chi connectivity index (χ0v) is 30.1. The minimum absolute atomic E-state index is 0.0207. The molecule has 3 N–H and O–H groups in total. The summed E-state index contributed by atoms with van der Waals surface area (Å²) in [5.41, 5.74) is 4.18. The van der Waals surface area contributed by atoms with Crippen LogP contribution in [0.1, 0.15) is 64.7 Å². The second-order valence-electron chi connectivity index (χ2n) is 11.7. The number of nitrogens with zero attached hydrogens (tertiary/aromatic N) is 1. The molecule has 51 heavy (non-hydrogen) atoms. The molecular weight excluding hydrogens is 681 g/mol. The molecular formula is C40H38N4O5S2. The quantitative estimate of drug-likeness (QED) is 0.0600. The molecule has 0 spiro atoms. The zero-order chi connectivity index (χ0) is 36.2. The van der Waals surface area contributed by atoms with Crippen molar-refractivity contribution in [3.63, 3.8) is 0 Å². The first-order chi connectivity index (χ1) is 24.7. The Hall–Kier alpha value is -5.52. The summed E-state index contributed by atoms with van der Waals surface area (Å²) in [6.45, 7) is 6.24. The molecule has 0 fully saturated rings. The van der Waals surface area contributed by atoms with Crippen molar-refractivity contribution in [1.29, 1.82) is 0 Å². The highest BCUT2D eigenvalue weighted by Gasteiger charge is 2.24. The monoisotopic (exact) mass is 718 g/mol. The summed E-state index contributed by atoms with van der Waals surface area (Å²) in [4.78, 5) is 57.6. The van der Waals surface area contributed by atoms with E-state index in [0.717, 1.165) is 21.6 Å². The van der Waals surface area contributed by atoms with Crippen molar-refractivity contribution in [3.8, 4) is 0 Å². The Morgan fingerprint density at radius 2 is 1.55 bits per heavy atom. The van der Waals surface area contributed by atoms with Crippen LogP contribution >= 0.6 is 23.1 Å². The van der Waals surface area contributed by atoms with Gasteiger partial charge in [0.05, 0.1) is 18.7 Å². The van der Waals surface area contributed by atoms with Gasteiger partial charge < -0.3 is 20.7 Å². The van der Waals surface area contributed by atoms with Crippen molar-refractivity contribution in [2.45, 2.75) is 43.3 Å². The van der Waals surface area contributed by atoms with Crippen molar-refractivity contribution in [3.05, 3.63) is 148 Å². The maximum atomic E-state index is 13.7. The first-order valence-electron chi connectivity index (χ1n) is 16.4. The highest BCUT2D eigenvalue weighted by molar-refractivity contribution is 8.00. The number of hydrogen-bond donors (Lipinski definition) is 3. The van der Waals surface area contributed by atoms with Gasteiger partial charge in [0.25, 0.3) is 11.8 Å². The lowest BCUT2D eigenvalue weighted by atomic mass is 10.0. The average Bonchev–Trinajstić information content (AvgIpc) is 3.57. The van der Waals surface area contributed by atoms with Crippen LogP contribution in [0.4, 0.5) is 10.8 Å². The number of benzene rings is 4. The molecule has 0 saturated carbocycles. The van der Waals surface area contributed by atoms with Gasteiger partial charge in [0.1, 0.15) is 10.9 Å². The van der Waals surface area contributed by atoms with Crippen LogP contribution in [0.3, 0.4) is 0 Å². The zero-order valence-electron chi connectivity index (χ0n) is 28.4. The molecule has 3 amide bonds. The summed E-state index contributed by atoms with van der Waals surface area (Å²) < 4.78 is 5.01. The third-order valence-electron chi connectivity index (χ3n) is 7.54. The number of amides is 3. The van der Waals surface area contributed by atoms with E-state index >= 15 is 0 Å². The minimum atomic E-state index is -0.663. The van der Waals surface area contributed by atoms with Gasteiger partial charge in [-0.2, -0.15) is 0 Å². The van der Waals surface area contributed by atoms with Gasteiger partial charge in [-0.05, 0) is 65.9 Å². The Morgan fingerprint density at radius 3 is 2.24 bits per heavy atom.